The second kappa shape index (κ2) is 9.06. The maximum Gasteiger partial charge on any atom is 0.120 e. The number of ether oxygens (including phenoxy) is 1. The van der Waals surface area contributed by atoms with Crippen LogP contribution in [0.1, 0.15) is 22.7 Å². The maximum atomic E-state index is 6.11. The highest BCUT2D eigenvalue weighted by atomic mass is 35.5. The first kappa shape index (κ1) is 18.7. The van der Waals surface area contributed by atoms with Crippen LogP contribution in [-0.2, 0) is 13.0 Å². The summed E-state index contributed by atoms with van der Waals surface area (Å²) in [7, 11) is 0. The predicted molar refractivity (Wildman–Crippen MR) is 107 cm³/mol. The average molecular weight is 387 g/mol. The van der Waals surface area contributed by atoms with Crippen molar-refractivity contribution < 1.29 is 4.74 Å². The van der Waals surface area contributed by atoms with Crippen LogP contribution in [0.4, 0.5) is 0 Å². The molecule has 1 unspecified atom stereocenters. The molecule has 3 rings (SSSR count). The van der Waals surface area contributed by atoms with Gasteiger partial charge in [-0.15, -0.1) is 0 Å². The first-order valence-corrected chi connectivity index (χ1v) is 9.08. The monoisotopic (exact) mass is 386 g/mol. The Bertz CT molecular complexity index is 856. The van der Waals surface area contributed by atoms with Crippen LogP contribution in [0.5, 0.6) is 5.75 Å². The minimum absolute atomic E-state index is 0.0625. The fourth-order valence-electron chi connectivity index (χ4n) is 2.74. The lowest BCUT2D eigenvalue weighted by Gasteiger charge is -2.18. The van der Waals surface area contributed by atoms with Crippen LogP contribution in [0.3, 0.4) is 0 Å². The van der Waals surface area contributed by atoms with Crippen molar-refractivity contribution in [2.75, 3.05) is 0 Å². The smallest absolute Gasteiger partial charge is 0.120 e. The third-order valence-electron chi connectivity index (χ3n) is 4.13. The van der Waals surface area contributed by atoms with Gasteiger partial charge >= 0.3 is 0 Å². The summed E-state index contributed by atoms with van der Waals surface area (Å²) in [5.41, 5.74) is 6.10. The molecule has 3 N–H and O–H groups in total. The molecule has 0 saturated heterocycles. The highest BCUT2D eigenvalue weighted by Gasteiger charge is 2.12. The molecule has 26 heavy (non-hydrogen) atoms. The van der Waals surface area contributed by atoms with E-state index < -0.39 is 0 Å². The molecule has 0 amide bonds. The summed E-state index contributed by atoms with van der Waals surface area (Å²) < 4.78 is 5.91. The van der Waals surface area contributed by atoms with Gasteiger partial charge in [0.25, 0.3) is 0 Å². The Kier molecular flexibility index (Phi) is 6.53. The fourth-order valence-corrected chi connectivity index (χ4v) is 3.06. The van der Waals surface area contributed by atoms with Crippen molar-refractivity contribution in [2.45, 2.75) is 19.1 Å². The second-order valence-electron chi connectivity index (χ2n) is 6.02. The van der Waals surface area contributed by atoms with Crippen LogP contribution in [0.25, 0.3) is 0 Å². The summed E-state index contributed by atoms with van der Waals surface area (Å²) in [5, 5.41) is 1.09. The van der Waals surface area contributed by atoms with Crippen molar-refractivity contribution in [3.8, 4) is 5.75 Å². The molecule has 0 aliphatic heterocycles. The van der Waals surface area contributed by atoms with E-state index in [0.717, 1.165) is 22.4 Å². The Labute approximate surface area is 163 Å². The average Bonchev–Trinajstić information content (AvgIpc) is 2.68. The van der Waals surface area contributed by atoms with E-state index in [1.165, 1.54) is 0 Å². The number of halogens is 2. The minimum Gasteiger partial charge on any atom is -0.489 e. The largest absolute Gasteiger partial charge is 0.489 e. The van der Waals surface area contributed by atoms with Crippen LogP contribution >= 0.6 is 23.2 Å². The van der Waals surface area contributed by atoms with Gasteiger partial charge in [0, 0.05) is 0 Å². The molecule has 0 heterocycles. The highest BCUT2D eigenvalue weighted by Crippen LogP contribution is 2.27. The Morgan fingerprint density at radius 1 is 0.846 bits per heavy atom. The first-order valence-electron chi connectivity index (χ1n) is 8.32. The summed E-state index contributed by atoms with van der Waals surface area (Å²) >= 11 is 12.1. The van der Waals surface area contributed by atoms with E-state index in [1.54, 1.807) is 6.07 Å². The van der Waals surface area contributed by atoms with Crippen molar-refractivity contribution in [3.05, 3.63) is 99.5 Å². The molecule has 3 aromatic rings. The number of hydrazine groups is 1. The summed E-state index contributed by atoms with van der Waals surface area (Å²) in [4.78, 5) is 0. The molecule has 1 atom stereocenters. The number of nitrogens with two attached hydrogens (primary N) is 1. The van der Waals surface area contributed by atoms with E-state index in [0.29, 0.717) is 23.1 Å². The van der Waals surface area contributed by atoms with E-state index in [-0.39, 0.29) is 6.04 Å². The van der Waals surface area contributed by atoms with Gasteiger partial charge in [-0.1, -0.05) is 71.7 Å². The minimum atomic E-state index is -0.0625. The third kappa shape index (κ3) is 4.99. The standard InChI is InChI=1S/C21H20Cl2N2O/c22-19-10-9-16(11-20(19)23)12-21(25-24)17-7-4-8-18(13-17)26-14-15-5-2-1-3-6-15/h1-11,13,21,25H,12,14,24H2. The quantitative estimate of drug-likeness (QED) is 0.426. The maximum absolute atomic E-state index is 6.11. The van der Waals surface area contributed by atoms with Crippen molar-refractivity contribution in [2.24, 2.45) is 5.84 Å². The van der Waals surface area contributed by atoms with Crippen LogP contribution in [0, 0.1) is 0 Å². The zero-order valence-electron chi connectivity index (χ0n) is 14.2. The number of nitrogens with one attached hydrogen (secondary N) is 1. The molecule has 0 aliphatic rings. The summed E-state index contributed by atoms with van der Waals surface area (Å²) in [5.74, 6) is 6.59. The van der Waals surface area contributed by atoms with E-state index in [4.69, 9.17) is 33.8 Å². The molecule has 5 heteroatoms. The normalized spacial score (nSPS) is 12.0. The molecule has 0 saturated carbocycles. The summed E-state index contributed by atoms with van der Waals surface area (Å²) in [6.07, 6.45) is 0.690. The van der Waals surface area contributed by atoms with Gasteiger partial charge in [0.2, 0.25) is 0 Å². The van der Waals surface area contributed by atoms with E-state index in [2.05, 4.69) is 5.43 Å². The Hall–Kier alpha value is -2.04. The Morgan fingerprint density at radius 3 is 2.38 bits per heavy atom. The lowest BCUT2D eigenvalue weighted by Crippen LogP contribution is -2.29. The molecule has 0 spiro atoms. The molecule has 0 bridgehead atoms. The van der Waals surface area contributed by atoms with Gasteiger partial charge < -0.3 is 4.74 Å². The Balaban J connectivity index is 1.71. The molecule has 0 radical (unpaired) electrons. The zero-order chi connectivity index (χ0) is 18.4. The molecular weight excluding hydrogens is 367 g/mol. The van der Waals surface area contributed by atoms with Crippen molar-refractivity contribution in [1.29, 1.82) is 0 Å². The molecule has 0 aliphatic carbocycles. The highest BCUT2D eigenvalue weighted by molar-refractivity contribution is 6.42. The molecule has 0 aromatic heterocycles. The SMILES string of the molecule is NNC(Cc1ccc(Cl)c(Cl)c1)c1cccc(OCc2ccccc2)c1. The number of benzene rings is 3. The van der Waals surface area contributed by atoms with Gasteiger partial charge in [0.05, 0.1) is 16.1 Å². The zero-order valence-corrected chi connectivity index (χ0v) is 15.7. The van der Waals surface area contributed by atoms with Crippen molar-refractivity contribution >= 4 is 23.2 Å². The number of hydrogen-bond acceptors (Lipinski definition) is 3. The number of rotatable bonds is 7. The van der Waals surface area contributed by atoms with Gasteiger partial charge in [-0.25, -0.2) is 0 Å². The molecule has 134 valence electrons. The molecule has 3 aromatic carbocycles. The fraction of sp³-hybridized carbons (Fsp3) is 0.143. The van der Waals surface area contributed by atoms with Crippen LogP contribution in [0.15, 0.2) is 72.8 Å². The summed E-state index contributed by atoms with van der Waals surface area (Å²) in [6.45, 7) is 0.526. The Morgan fingerprint density at radius 2 is 1.65 bits per heavy atom. The van der Waals surface area contributed by atoms with Crippen LogP contribution < -0.4 is 16.0 Å². The van der Waals surface area contributed by atoms with Gasteiger partial charge in [-0.2, -0.15) is 0 Å². The van der Waals surface area contributed by atoms with Gasteiger partial charge in [-0.3, -0.25) is 11.3 Å². The molecule has 3 nitrogen and oxygen atoms in total. The van der Waals surface area contributed by atoms with Gasteiger partial charge in [0.1, 0.15) is 12.4 Å². The lowest BCUT2D eigenvalue weighted by atomic mass is 9.99. The second-order valence-corrected chi connectivity index (χ2v) is 6.83. The predicted octanol–water partition coefficient (Wildman–Crippen LogP) is 5.32. The third-order valence-corrected chi connectivity index (χ3v) is 4.87. The molecular formula is C21H20Cl2N2O. The number of hydrogen-bond donors (Lipinski definition) is 2. The van der Waals surface area contributed by atoms with Crippen molar-refractivity contribution in [3.63, 3.8) is 0 Å². The first-order chi connectivity index (χ1) is 12.7. The van der Waals surface area contributed by atoms with Crippen molar-refractivity contribution in [1.82, 2.24) is 5.43 Å². The van der Waals surface area contributed by atoms with E-state index in [9.17, 15) is 0 Å². The van der Waals surface area contributed by atoms with E-state index in [1.807, 2.05) is 66.7 Å². The lowest BCUT2D eigenvalue weighted by molar-refractivity contribution is 0.305. The topological polar surface area (TPSA) is 47.3 Å². The van der Waals surface area contributed by atoms with Crippen LogP contribution in [0.2, 0.25) is 10.0 Å². The van der Waals surface area contributed by atoms with Crippen LogP contribution in [-0.4, -0.2) is 0 Å². The van der Waals surface area contributed by atoms with Gasteiger partial charge in [-0.05, 0) is 47.4 Å². The molecule has 0 fully saturated rings. The van der Waals surface area contributed by atoms with Gasteiger partial charge in [0.15, 0.2) is 0 Å². The summed E-state index contributed by atoms with van der Waals surface area (Å²) in [6, 6.07) is 23.6. The van der Waals surface area contributed by atoms with E-state index >= 15 is 0 Å².